The summed E-state index contributed by atoms with van der Waals surface area (Å²) in [6.45, 7) is 3.69. The molecule has 0 amide bonds. The molecule has 2 aromatic rings. The van der Waals surface area contributed by atoms with Gasteiger partial charge in [0, 0.05) is 6.42 Å². The maximum absolute atomic E-state index is 13.6. The van der Waals surface area contributed by atoms with Crippen LogP contribution in [0.5, 0.6) is 0 Å². The van der Waals surface area contributed by atoms with Crippen molar-refractivity contribution >= 4 is 5.78 Å². The average Bonchev–Trinajstić information content (AvgIpc) is 2.40. The van der Waals surface area contributed by atoms with Crippen molar-refractivity contribution in [2.24, 2.45) is 0 Å². The summed E-state index contributed by atoms with van der Waals surface area (Å²) in [6.07, 6.45) is -0.0412. The fourth-order valence-corrected chi connectivity index (χ4v) is 2.12. The predicted molar refractivity (Wildman–Crippen MR) is 70.3 cm³/mol. The van der Waals surface area contributed by atoms with Gasteiger partial charge in [-0.15, -0.1) is 0 Å². The molecule has 0 bridgehead atoms. The van der Waals surface area contributed by atoms with Gasteiger partial charge in [0.15, 0.2) is 23.2 Å². The van der Waals surface area contributed by atoms with Gasteiger partial charge < -0.3 is 0 Å². The summed E-state index contributed by atoms with van der Waals surface area (Å²) in [5.41, 5.74) is 2.16. The first-order chi connectivity index (χ1) is 9.41. The molecule has 0 aliphatic rings. The Hall–Kier alpha value is -2.10. The Bertz CT molecular complexity index is 657. The van der Waals surface area contributed by atoms with Crippen molar-refractivity contribution in [2.75, 3.05) is 0 Å². The van der Waals surface area contributed by atoms with Gasteiger partial charge in [0.25, 0.3) is 0 Å². The van der Waals surface area contributed by atoms with Gasteiger partial charge in [-0.25, -0.2) is 13.2 Å². The van der Waals surface area contributed by atoms with Gasteiger partial charge in [0.05, 0.1) is 5.56 Å². The molecule has 0 atom stereocenters. The minimum atomic E-state index is -1.61. The van der Waals surface area contributed by atoms with E-state index in [0.29, 0.717) is 0 Å². The first-order valence-electron chi connectivity index (χ1n) is 6.13. The fraction of sp³-hybridized carbons (Fsp3) is 0.188. The van der Waals surface area contributed by atoms with Crippen molar-refractivity contribution < 1.29 is 18.0 Å². The van der Waals surface area contributed by atoms with Gasteiger partial charge in [-0.05, 0) is 42.7 Å². The maximum atomic E-state index is 13.6. The highest BCUT2D eigenvalue weighted by Gasteiger charge is 2.19. The molecule has 104 valence electrons. The van der Waals surface area contributed by atoms with Crippen LogP contribution in [0, 0.1) is 31.3 Å². The lowest BCUT2D eigenvalue weighted by Crippen LogP contribution is -2.10. The van der Waals surface area contributed by atoms with Crippen molar-refractivity contribution in [3.63, 3.8) is 0 Å². The zero-order chi connectivity index (χ0) is 14.9. The second kappa shape index (κ2) is 5.49. The molecule has 0 unspecified atom stereocenters. The Balaban J connectivity index is 2.36. The summed E-state index contributed by atoms with van der Waals surface area (Å²) in [4.78, 5) is 12.1. The van der Waals surface area contributed by atoms with E-state index in [1.54, 1.807) is 0 Å². The predicted octanol–water partition coefficient (Wildman–Crippen LogP) is 4.15. The Morgan fingerprint density at radius 1 is 0.950 bits per heavy atom. The van der Waals surface area contributed by atoms with Crippen LogP contribution < -0.4 is 0 Å². The summed E-state index contributed by atoms with van der Waals surface area (Å²) < 4.78 is 39.6. The van der Waals surface area contributed by atoms with Crippen LogP contribution in [0.15, 0.2) is 30.3 Å². The summed E-state index contributed by atoms with van der Waals surface area (Å²) in [5.74, 6) is -4.91. The zero-order valence-electron chi connectivity index (χ0n) is 11.1. The van der Waals surface area contributed by atoms with Gasteiger partial charge in [-0.2, -0.15) is 0 Å². The molecule has 0 spiro atoms. The fourth-order valence-electron chi connectivity index (χ4n) is 2.12. The number of carbonyl (C=O) groups excluding carboxylic acids is 1. The minimum Gasteiger partial charge on any atom is -0.294 e. The minimum absolute atomic E-state index is 0.0412. The number of aryl methyl sites for hydroxylation is 2. The van der Waals surface area contributed by atoms with E-state index in [1.807, 2.05) is 32.0 Å². The second-order valence-electron chi connectivity index (χ2n) is 4.69. The monoisotopic (exact) mass is 278 g/mol. The summed E-state index contributed by atoms with van der Waals surface area (Å²) in [6, 6.07) is 7.28. The van der Waals surface area contributed by atoms with E-state index in [0.717, 1.165) is 28.8 Å². The number of carbonyl (C=O) groups is 1. The molecule has 0 fully saturated rings. The molecule has 0 aliphatic heterocycles. The highest BCUT2D eigenvalue weighted by atomic mass is 19.2. The molecule has 0 radical (unpaired) electrons. The summed E-state index contributed by atoms with van der Waals surface area (Å²) in [5, 5.41) is 0. The largest absolute Gasteiger partial charge is 0.294 e. The molecule has 2 aromatic carbocycles. The Morgan fingerprint density at radius 2 is 1.55 bits per heavy atom. The quantitative estimate of drug-likeness (QED) is 0.609. The molecular weight excluding hydrogens is 265 g/mol. The van der Waals surface area contributed by atoms with E-state index in [-0.39, 0.29) is 6.42 Å². The average molecular weight is 278 g/mol. The Labute approximate surface area is 115 Å². The number of Topliss-reactive ketones (excluding diaryl/α,β-unsaturated/α-hetero) is 1. The standard InChI is InChI=1S/C16H13F3O/c1-9-4-3-5-10(2)12(9)8-14(20)11-6-7-13(17)16(19)15(11)18/h3-7H,8H2,1-2H3. The number of hydrogen-bond donors (Lipinski definition) is 0. The van der Waals surface area contributed by atoms with Crippen LogP contribution in [0.4, 0.5) is 13.2 Å². The van der Waals surface area contributed by atoms with Gasteiger partial charge in [-0.3, -0.25) is 4.79 Å². The normalized spacial score (nSPS) is 10.7. The number of rotatable bonds is 3. The molecule has 0 aromatic heterocycles. The smallest absolute Gasteiger partial charge is 0.195 e. The first kappa shape index (κ1) is 14.3. The lowest BCUT2D eigenvalue weighted by molar-refractivity contribution is 0.0987. The van der Waals surface area contributed by atoms with Gasteiger partial charge in [0.2, 0.25) is 0 Å². The molecule has 4 heteroatoms. The molecular formula is C16H13F3O. The third kappa shape index (κ3) is 2.59. The van der Waals surface area contributed by atoms with Gasteiger partial charge in [-0.1, -0.05) is 18.2 Å². The molecule has 0 saturated carbocycles. The number of benzene rings is 2. The van der Waals surface area contributed by atoms with Crippen molar-refractivity contribution in [1.82, 2.24) is 0 Å². The first-order valence-corrected chi connectivity index (χ1v) is 6.13. The second-order valence-corrected chi connectivity index (χ2v) is 4.69. The van der Waals surface area contributed by atoms with Crippen LogP contribution >= 0.6 is 0 Å². The third-order valence-corrected chi connectivity index (χ3v) is 3.32. The zero-order valence-corrected chi connectivity index (χ0v) is 11.1. The lowest BCUT2D eigenvalue weighted by Gasteiger charge is -2.09. The van der Waals surface area contributed by atoms with Crippen molar-refractivity contribution in [1.29, 1.82) is 0 Å². The molecule has 2 rings (SSSR count). The molecule has 0 heterocycles. The Kier molecular flexibility index (Phi) is 3.93. The number of hydrogen-bond acceptors (Lipinski definition) is 1. The highest BCUT2D eigenvalue weighted by Crippen LogP contribution is 2.20. The van der Waals surface area contributed by atoms with Gasteiger partial charge >= 0.3 is 0 Å². The van der Waals surface area contributed by atoms with Crippen LogP contribution in [-0.2, 0) is 6.42 Å². The lowest BCUT2D eigenvalue weighted by atomic mass is 9.95. The summed E-state index contributed by atoms with van der Waals surface area (Å²) >= 11 is 0. The van der Waals surface area contributed by atoms with E-state index < -0.39 is 28.8 Å². The van der Waals surface area contributed by atoms with Gasteiger partial charge in [0.1, 0.15) is 0 Å². The number of halogens is 3. The van der Waals surface area contributed by atoms with E-state index in [9.17, 15) is 18.0 Å². The topological polar surface area (TPSA) is 17.1 Å². The molecule has 1 nitrogen and oxygen atoms in total. The van der Waals surface area contributed by atoms with Crippen LogP contribution in [-0.4, -0.2) is 5.78 Å². The SMILES string of the molecule is Cc1cccc(C)c1CC(=O)c1ccc(F)c(F)c1F. The molecule has 20 heavy (non-hydrogen) atoms. The highest BCUT2D eigenvalue weighted by molar-refractivity contribution is 5.98. The number of ketones is 1. The maximum Gasteiger partial charge on any atom is 0.195 e. The summed E-state index contributed by atoms with van der Waals surface area (Å²) in [7, 11) is 0. The third-order valence-electron chi connectivity index (χ3n) is 3.32. The van der Waals surface area contributed by atoms with Crippen molar-refractivity contribution in [2.45, 2.75) is 20.3 Å². The molecule has 0 N–H and O–H groups in total. The van der Waals surface area contributed by atoms with Crippen molar-refractivity contribution in [3.8, 4) is 0 Å². The van der Waals surface area contributed by atoms with E-state index in [2.05, 4.69) is 0 Å². The molecule has 0 aliphatic carbocycles. The Morgan fingerprint density at radius 3 is 2.15 bits per heavy atom. The van der Waals surface area contributed by atoms with E-state index >= 15 is 0 Å². The molecule has 0 saturated heterocycles. The van der Waals surface area contributed by atoms with Crippen molar-refractivity contribution in [3.05, 3.63) is 70.0 Å². The van der Waals surface area contributed by atoms with E-state index in [1.165, 1.54) is 0 Å². The van der Waals surface area contributed by atoms with Crippen LogP contribution in [0.25, 0.3) is 0 Å². The van der Waals surface area contributed by atoms with Crippen LogP contribution in [0.3, 0.4) is 0 Å². The van der Waals surface area contributed by atoms with Crippen LogP contribution in [0.1, 0.15) is 27.0 Å². The van der Waals surface area contributed by atoms with E-state index in [4.69, 9.17) is 0 Å². The van der Waals surface area contributed by atoms with Crippen LogP contribution in [0.2, 0.25) is 0 Å².